The smallest absolute Gasteiger partial charge is 0.385 e. The standard InChI is InChI=1S/C12H11F3N2O/c13-12(14,15)5-6-17-10(16)7-8-3-1-2-4-9(8)11(17)18/h1-4,7H,5-6,16H2. The third-order valence-corrected chi connectivity index (χ3v) is 2.67. The number of anilines is 1. The van der Waals surface area contributed by atoms with E-state index in [0.29, 0.717) is 10.8 Å². The molecule has 1 heterocycles. The van der Waals surface area contributed by atoms with Crippen molar-refractivity contribution in [2.24, 2.45) is 0 Å². The maximum atomic E-state index is 12.2. The minimum atomic E-state index is -4.31. The lowest BCUT2D eigenvalue weighted by molar-refractivity contribution is -0.136. The average Bonchev–Trinajstić information content (AvgIpc) is 2.27. The summed E-state index contributed by atoms with van der Waals surface area (Å²) in [6.45, 7) is -0.459. The van der Waals surface area contributed by atoms with Gasteiger partial charge in [0, 0.05) is 11.9 Å². The van der Waals surface area contributed by atoms with Crippen molar-refractivity contribution in [3.8, 4) is 0 Å². The summed E-state index contributed by atoms with van der Waals surface area (Å²) in [6.07, 6.45) is -5.38. The van der Waals surface area contributed by atoms with Crippen LogP contribution >= 0.6 is 0 Å². The van der Waals surface area contributed by atoms with E-state index < -0.39 is 24.7 Å². The Morgan fingerprint density at radius 1 is 1.22 bits per heavy atom. The van der Waals surface area contributed by atoms with Gasteiger partial charge in [-0.05, 0) is 17.5 Å². The van der Waals surface area contributed by atoms with Crippen molar-refractivity contribution in [3.05, 3.63) is 40.7 Å². The molecule has 0 aliphatic rings. The zero-order valence-corrected chi connectivity index (χ0v) is 9.37. The van der Waals surface area contributed by atoms with E-state index in [1.54, 1.807) is 24.3 Å². The van der Waals surface area contributed by atoms with Gasteiger partial charge in [0.15, 0.2) is 0 Å². The van der Waals surface area contributed by atoms with Gasteiger partial charge in [0.2, 0.25) is 0 Å². The highest BCUT2D eigenvalue weighted by Crippen LogP contribution is 2.21. The monoisotopic (exact) mass is 256 g/mol. The Morgan fingerprint density at radius 2 is 1.89 bits per heavy atom. The largest absolute Gasteiger partial charge is 0.390 e. The molecule has 96 valence electrons. The lowest BCUT2D eigenvalue weighted by Gasteiger charge is -2.12. The Morgan fingerprint density at radius 3 is 2.56 bits per heavy atom. The molecule has 2 aromatic rings. The van der Waals surface area contributed by atoms with Crippen LogP contribution in [0, 0.1) is 0 Å². The van der Waals surface area contributed by atoms with Crippen LogP contribution in [0.15, 0.2) is 35.1 Å². The average molecular weight is 256 g/mol. The number of hydrogen-bond donors (Lipinski definition) is 1. The van der Waals surface area contributed by atoms with Gasteiger partial charge in [-0.1, -0.05) is 18.2 Å². The molecule has 0 amide bonds. The summed E-state index contributed by atoms with van der Waals surface area (Å²) in [4.78, 5) is 12.0. The lowest BCUT2D eigenvalue weighted by atomic mass is 10.1. The third-order valence-electron chi connectivity index (χ3n) is 2.67. The summed E-state index contributed by atoms with van der Waals surface area (Å²) in [7, 11) is 0. The van der Waals surface area contributed by atoms with Crippen molar-refractivity contribution in [2.75, 3.05) is 5.73 Å². The van der Waals surface area contributed by atoms with Gasteiger partial charge < -0.3 is 5.73 Å². The Kier molecular flexibility index (Phi) is 3.02. The molecule has 0 spiro atoms. The molecular weight excluding hydrogens is 245 g/mol. The molecule has 0 fully saturated rings. The van der Waals surface area contributed by atoms with Crippen LogP contribution in [0.5, 0.6) is 0 Å². The maximum Gasteiger partial charge on any atom is 0.390 e. The Labute approximate surface area is 101 Å². The van der Waals surface area contributed by atoms with Gasteiger partial charge >= 0.3 is 6.18 Å². The molecule has 6 heteroatoms. The van der Waals surface area contributed by atoms with Crippen LogP contribution < -0.4 is 11.3 Å². The minimum Gasteiger partial charge on any atom is -0.385 e. The van der Waals surface area contributed by atoms with Crippen LogP contribution in [0.25, 0.3) is 10.8 Å². The summed E-state index contributed by atoms with van der Waals surface area (Å²) < 4.78 is 37.4. The number of benzene rings is 1. The molecule has 18 heavy (non-hydrogen) atoms. The van der Waals surface area contributed by atoms with Crippen LogP contribution in [-0.4, -0.2) is 10.7 Å². The molecule has 0 saturated heterocycles. The van der Waals surface area contributed by atoms with Crippen molar-refractivity contribution in [1.29, 1.82) is 0 Å². The maximum absolute atomic E-state index is 12.2. The van der Waals surface area contributed by atoms with Crippen molar-refractivity contribution >= 4 is 16.6 Å². The molecule has 0 saturated carbocycles. The van der Waals surface area contributed by atoms with Crippen molar-refractivity contribution in [2.45, 2.75) is 19.1 Å². The predicted octanol–water partition coefficient (Wildman–Crippen LogP) is 2.54. The normalized spacial score (nSPS) is 11.9. The number of pyridine rings is 1. The van der Waals surface area contributed by atoms with E-state index in [1.165, 1.54) is 6.07 Å². The Balaban J connectivity index is 2.48. The van der Waals surface area contributed by atoms with Crippen molar-refractivity contribution in [1.82, 2.24) is 4.57 Å². The topological polar surface area (TPSA) is 48.0 Å². The fraction of sp³-hybridized carbons (Fsp3) is 0.250. The first-order valence-electron chi connectivity index (χ1n) is 5.33. The number of hydrogen-bond acceptors (Lipinski definition) is 2. The molecule has 0 bridgehead atoms. The molecule has 0 atom stereocenters. The highest BCUT2D eigenvalue weighted by molar-refractivity contribution is 5.83. The van der Waals surface area contributed by atoms with Crippen LogP contribution in [-0.2, 0) is 6.54 Å². The zero-order chi connectivity index (χ0) is 13.3. The first-order valence-corrected chi connectivity index (χ1v) is 5.33. The first kappa shape index (κ1) is 12.5. The molecule has 2 rings (SSSR count). The molecule has 1 aromatic heterocycles. The van der Waals surface area contributed by atoms with E-state index in [4.69, 9.17) is 5.73 Å². The molecule has 0 aliphatic heterocycles. The van der Waals surface area contributed by atoms with Crippen molar-refractivity contribution in [3.63, 3.8) is 0 Å². The second kappa shape index (κ2) is 4.36. The number of nitrogens with two attached hydrogens (primary N) is 1. The van der Waals surface area contributed by atoms with E-state index in [2.05, 4.69) is 0 Å². The molecule has 0 unspecified atom stereocenters. The summed E-state index contributed by atoms with van der Waals surface area (Å²) in [5.74, 6) is 0.0444. The molecule has 0 aliphatic carbocycles. The predicted molar refractivity (Wildman–Crippen MR) is 63.3 cm³/mol. The van der Waals surface area contributed by atoms with Crippen molar-refractivity contribution < 1.29 is 13.2 Å². The quantitative estimate of drug-likeness (QED) is 0.897. The number of alkyl halides is 3. The van der Waals surface area contributed by atoms with E-state index in [0.717, 1.165) is 4.57 Å². The summed E-state index contributed by atoms with van der Waals surface area (Å²) >= 11 is 0. The van der Waals surface area contributed by atoms with Gasteiger partial charge in [-0.25, -0.2) is 0 Å². The zero-order valence-electron chi connectivity index (χ0n) is 9.37. The number of fused-ring (bicyclic) bond motifs is 1. The first-order chi connectivity index (χ1) is 8.38. The van der Waals surface area contributed by atoms with Crippen LogP contribution in [0.2, 0.25) is 0 Å². The number of nitrogens with zero attached hydrogens (tertiary/aromatic N) is 1. The second-order valence-corrected chi connectivity index (χ2v) is 3.98. The van der Waals surface area contributed by atoms with Crippen LogP contribution in [0.4, 0.5) is 19.0 Å². The lowest BCUT2D eigenvalue weighted by Crippen LogP contribution is -2.25. The fourth-order valence-electron chi connectivity index (χ4n) is 1.79. The number of nitrogen functional groups attached to an aromatic ring is 1. The van der Waals surface area contributed by atoms with Gasteiger partial charge in [-0.2, -0.15) is 13.2 Å². The second-order valence-electron chi connectivity index (χ2n) is 3.98. The van der Waals surface area contributed by atoms with Crippen LogP contribution in [0.1, 0.15) is 6.42 Å². The SMILES string of the molecule is Nc1cc2ccccc2c(=O)n1CCC(F)(F)F. The number of rotatable bonds is 2. The van der Waals surface area contributed by atoms with Gasteiger partial charge in [0.25, 0.3) is 5.56 Å². The molecule has 2 N–H and O–H groups in total. The van der Waals surface area contributed by atoms with E-state index in [9.17, 15) is 18.0 Å². The Bertz CT molecular complexity index is 631. The number of halogens is 3. The molecule has 3 nitrogen and oxygen atoms in total. The highest BCUT2D eigenvalue weighted by atomic mass is 19.4. The minimum absolute atomic E-state index is 0.0444. The van der Waals surface area contributed by atoms with Gasteiger partial charge in [-0.3, -0.25) is 9.36 Å². The van der Waals surface area contributed by atoms with Gasteiger partial charge in [-0.15, -0.1) is 0 Å². The molecule has 1 aromatic carbocycles. The van der Waals surface area contributed by atoms with E-state index >= 15 is 0 Å². The molecular formula is C12H11F3N2O. The summed E-state index contributed by atoms with van der Waals surface area (Å²) in [6, 6.07) is 8.17. The Hall–Kier alpha value is -1.98. The van der Waals surface area contributed by atoms with Gasteiger partial charge in [0.05, 0.1) is 6.42 Å². The van der Waals surface area contributed by atoms with Crippen LogP contribution in [0.3, 0.4) is 0 Å². The number of aromatic nitrogens is 1. The van der Waals surface area contributed by atoms with E-state index in [-0.39, 0.29) is 5.82 Å². The third kappa shape index (κ3) is 2.47. The molecule has 0 radical (unpaired) electrons. The fourth-order valence-corrected chi connectivity index (χ4v) is 1.79. The summed E-state index contributed by atoms with van der Waals surface area (Å²) in [5.41, 5.74) is 5.12. The summed E-state index contributed by atoms with van der Waals surface area (Å²) in [5, 5.41) is 0.997. The van der Waals surface area contributed by atoms with E-state index in [1.807, 2.05) is 0 Å². The van der Waals surface area contributed by atoms with Gasteiger partial charge in [0.1, 0.15) is 5.82 Å². The highest BCUT2D eigenvalue weighted by Gasteiger charge is 2.27.